The molecule has 8 nitrogen and oxygen atoms in total. The van der Waals surface area contributed by atoms with Crippen LogP contribution in [0.15, 0.2) is 54.6 Å². The Bertz CT molecular complexity index is 1000. The Morgan fingerprint density at radius 2 is 1.19 bits per heavy atom. The smallest absolute Gasteiger partial charge is 0.265 e. The Balaban J connectivity index is 1.38. The van der Waals surface area contributed by atoms with Crippen LogP contribution in [-0.2, 0) is 35.5 Å². The van der Waals surface area contributed by atoms with Crippen LogP contribution in [0.4, 0.5) is 0 Å². The average Bonchev–Trinajstić information content (AvgIpc) is 2.99. The van der Waals surface area contributed by atoms with Gasteiger partial charge >= 0.3 is 0 Å². The quantitative estimate of drug-likeness (QED) is 0.0763. The molecule has 0 saturated carbocycles. The second-order valence-electron chi connectivity index (χ2n) is 10.1. The molecule has 2 rings (SSSR count). The fourth-order valence-corrected chi connectivity index (χ4v) is 7.74. The van der Waals surface area contributed by atoms with E-state index < -0.39 is 18.0 Å². The maximum atomic E-state index is 11.2. The summed E-state index contributed by atoms with van der Waals surface area (Å²) < 4.78 is 59.5. The maximum absolute atomic E-state index is 11.2. The minimum atomic E-state index is -3.97. The molecule has 0 bridgehead atoms. The van der Waals surface area contributed by atoms with Gasteiger partial charge < -0.3 is 23.7 Å². The molecule has 0 aliphatic carbocycles. The highest BCUT2D eigenvalue weighted by Crippen LogP contribution is 2.33. The largest absolute Gasteiger partial charge is 0.491 e. The van der Waals surface area contributed by atoms with E-state index >= 15 is 0 Å². The van der Waals surface area contributed by atoms with Crippen LogP contribution in [0.1, 0.15) is 51.0 Å². The Hall–Kier alpha value is -1.58. The topological polar surface area (TPSA) is 101 Å². The van der Waals surface area contributed by atoms with Gasteiger partial charge in [-0.25, -0.2) is 0 Å². The maximum Gasteiger partial charge on any atom is 0.265 e. The summed E-state index contributed by atoms with van der Waals surface area (Å²) in [7, 11) is -4.70. The Morgan fingerprint density at radius 3 is 1.79 bits per heavy atom. The lowest BCUT2D eigenvalue weighted by Crippen LogP contribution is -2.16. The molecule has 1 atom stereocenters. The first-order chi connectivity index (χ1) is 20.5. The number of unbranched alkanes of at least 4 members (excludes halogenated alkanes) is 5. The van der Waals surface area contributed by atoms with Gasteiger partial charge in [0.15, 0.2) is 0 Å². The van der Waals surface area contributed by atoms with Crippen molar-refractivity contribution in [2.24, 2.45) is 0 Å². The van der Waals surface area contributed by atoms with E-state index in [1.807, 2.05) is 42.5 Å². The molecule has 42 heavy (non-hydrogen) atoms. The van der Waals surface area contributed by atoms with Gasteiger partial charge in [0, 0.05) is 0 Å². The molecule has 0 heterocycles. The lowest BCUT2D eigenvalue weighted by atomic mass is 10.0. The Labute approximate surface area is 254 Å². The van der Waals surface area contributed by atoms with Crippen LogP contribution < -0.4 is 10.0 Å². The highest BCUT2D eigenvalue weighted by atomic mass is 32.2. The van der Waals surface area contributed by atoms with E-state index in [-0.39, 0.29) is 5.75 Å². The van der Waals surface area contributed by atoms with Gasteiger partial charge in [-0.1, -0.05) is 89.4 Å². The van der Waals surface area contributed by atoms with Crippen LogP contribution in [0.2, 0.25) is 0 Å². The zero-order chi connectivity index (χ0) is 30.1. The van der Waals surface area contributed by atoms with Gasteiger partial charge in [0.25, 0.3) is 10.1 Å². The summed E-state index contributed by atoms with van der Waals surface area (Å²) in [6.07, 6.45) is 10.2. The van der Waals surface area contributed by atoms with Crippen LogP contribution in [-0.4, -0.2) is 90.5 Å². The van der Waals surface area contributed by atoms with Crippen molar-refractivity contribution in [2.45, 2.75) is 51.9 Å². The zero-order valence-electron chi connectivity index (χ0n) is 25.3. The molecule has 2 aromatic carbocycles. The number of aryl methyl sites for hydroxylation is 1. The standard InChI is InChI=1S/C32H51O8PS/c1-2-3-4-5-6-8-11-30-14-16-31(17-15-30)40-25-24-38-21-20-36-18-19-37-22-23-39-26-27-41(28-29-42(33,34)35)32-12-9-7-10-13-32/h7,9-10,12-17H,2-6,8,11,18-29H2,1H3,(H,33,34,35). The van der Waals surface area contributed by atoms with Crippen molar-refractivity contribution in [3.63, 3.8) is 0 Å². The van der Waals surface area contributed by atoms with Crippen LogP contribution >= 0.6 is 7.92 Å². The lowest BCUT2D eigenvalue weighted by Gasteiger charge is -2.17. The average molecular weight is 627 g/mol. The molecule has 1 N–H and O–H groups in total. The molecular formula is C32H51O8PS. The van der Waals surface area contributed by atoms with E-state index in [1.165, 1.54) is 44.1 Å². The first-order valence-electron chi connectivity index (χ1n) is 15.3. The molecule has 0 aliphatic rings. The van der Waals surface area contributed by atoms with Crippen LogP contribution in [0.3, 0.4) is 0 Å². The monoisotopic (exact) mass is 626 g/mol. The summed E-state index contributed by atoms with van der Waals surface area (Å²) in [6, 6.07) is 18.2. The fourth-order valence-electron chi connectivity index (χ4n) is 4.25. The second-order valence-corrected chi connectivity index (χ2v) is 14.1. The van der Waals surface area contributed by atoms with Gasteiger partial charge in [-0.15, -0.1) is 0 Å². The summed E-state index contributed by atoms with van der Waals surface area (Å²) in [5.74, 6) is 0.639. The number of rotatable bonds is 27. The summed E-state index contributed by atoms with van der Waals surface area (Å²) in [5, 5.41) is 1.10. The van der Waals surface area contributed by atoms with Gasteiger partial charge in [0.2, 0.25) is 0 Å². The molecule has 0 fully saturated rings. The number of ether oxygens (including phenoxy) is 5. The van der Waals surface area contributed by atoms with Crippen LogP contribution in [0.5, 0.6) is 5.75 Å². The zero-order valence-corrected chi connectivity index (χ0v) is 27.0. The molecule has 0 radical (unpaired) electrons. The number of benzene rings is 2. The first kappa shape index (κ1) is 36.6. The lowest BCUT2D eigenvalue weighted by molar-refractivity contribution is -0.00324. The van der Waals surface area contributed by atoms with E-state index in [0.29, 0.717) is 65.6 Å². The number of hydrogen-bond acceptors (Lipinski definition) is 7. The fraction of sp³-hybridized carbons (Fsp3) is 0.625. The molecule has 0 amide bonds. The molecule has 0 spiro atoms. The van der Waals surface area contributed by atoms with Crippen molar-refractivity contribution in [1.82, 2.24) is 0 Å². The molecule has 0 saturated heterocycles. The summed E-state index contributed by atoms with van der Waals surface area (Å²) in [5.41, 5.74) is 1.37. The highest BCUT2D eigenvalue weighted by molar-refractivity contribution is 7.86. The van der Waals surface area contributed by atoms with Crippen LogP contribution in [0, 0.1) is 0 Å². The Kier molecular flexibility index (Phi) is 20.8. The molecule has 0 aromatic heterocycles. The van der Waals surface area contributed by atoms with E-state index in [4.69, 9.17) is 28.2 Å². The van der Waals surface area contributed by atoms with Crippen LogP contribution in [0.25, 0.3) is 0 Å². The molecule has 10 heteroatoms. The highest BCUT2D eigenvalue weighted by Gasteiger charge is 2.15. The van der Waals surface area contributed by atoms with Gasteiger partial charge in [-0.05, 0) is 48.2 Å². The minimum Gasteiger partial charge on any atom is -0.491 e. The summed E-state index contributed by atoms with van der Waals surface area (Å²) in [4.78, 5) is 0. The van der Waals surface area contributed by atoms with Gasteiger partial charge in [-0.3, -0.25) is 4.55 Å². The summed E-state index contributed by atoms with van der Waals surface area (Å²) in [6.45, 7) is 6.67. The third-order valence-corrected chi connectivity index (χ3v) is 10.1. The minimum absolute atomic E-state index is 0.233. The normalized spacial score (nSPS) is 12.4. The van der Waals surface area contributed by atoms with Gasteiger partial charge in [-0.2, -0.15) is 8.42 Å². The third kappa shape index (κ3) is 19.6. The van der Waals surface area contributed by atoms with Gasteiger partial charge in [0.1, 0.15) is 12.4 Å². The predicted molar refractivity (Wildman–Crippen MR) is 171 cm³/mol. The molecule has 0 aliphatic heterocycles. The van der Waals surface area contributed by atoms with E-state index in [1.54, 1.807) is 0 Å². The van der Waals surface area contributed by atoms with Crippen molar-refractivity contribution in [2.75, 3.05) is 77.5 Å². The number of hydrogen-bond donors (Lipinski definition) is 1. The molecule has 1 unspecified atom stereocenters. The van der Waals surface area contributed by atoms with Crippen molar-refractivity contribution in [3.05, 3.63) is 60.2 Å². The van der Waals surface area contributed by atoms with Crippen molar-refractivity contribution in [3.8, 4) is 5.75 Å². The van der Waals surface area contributed by atoms with E-state index in [2.05, 4.69) is 19.1 Å². The van der Waals surface area contributed by atoms with Gasteiger partial charge in [0.05, 0.1) is 58.6 Å². The molecular weight excluding hydrogens is 575 g/mol. The van der Waals surface area contributed by atoms with E-state index in [9.17, 15) is 8.42 Å². The van der Waals surface area contributed by atoms with Crippen molar-refractivity contribution >= 4 is 23.3 Å². The Morgan fingerprint density at radius 1 is 0.643 bits per heavy atom. The van der Waals surface area contributed by atoms with Crippen molar-refractivity contribution in [1.29, 1.82) is 0 Å². The van der Waals surface area contributed by atoms with Crippen molar-refractivity contribution < 1.29 is 36.7 Å². The molecule has 238 valence electrons. The second kappa shape index (κ2) is 23.8. The molecule has 2 aromatic rings. The SMILES string of the molecule is CCCCCCCCc1ccc(OCCOCCOCCOCCOCCP(CCS(=O)(=O)O)c2ccccc2)cc1. The summed E-state index contributed by atoms with van der Waals surface area (Å²) >= 11 is 0. The first-order valence-corrected chi connectivity index (χ1v) is 18.6. The predicted octanol–water partition coefficient (Wildman–Crippen LogP) is 5.73. The third-order valence-electron chi connectivity index (χ3n) is 6.60. The van der Waals surface area contributed by atoms with E-state index in [0.717, 1.165) is 23.6 Å².